The Labute approximate surface area is 177 Å². The third-order valence-corrected chi connectivity index (χ3v) is 5.09. The van der Waals surface area contributed by atoms with E-state index in [9.17, 15) is 9.18 Å². The molecular weight excluding hydrogens is 399 g/mol. The van der Waals surface area contributed by atoms with E-state index in [2.05, 4.69) is 10.2 Å². The fourth-order valence-electron chi connectivity index (χ4n) is 3.56. The van der Waals surface area contributed by atoms with E-state index in [0.717, 1.165) is 11.1 Å². The molecule has 0 bridgehead atoms. The summed E-state index contributed by atoms with van der Waals surface area (Å²) >= 11 is 0. The van der Waals surface area contributed by atoms with Gasteiger partial charge in [0.05, 0.1) is 0 Å². The molecule has 1 atom stereocenters. The first-order valence-corrected chi connectivity index (χ1v) is 9.75. The van der Waals surface area contributed by atoms with Gasteiger partial charge in [-0.25, -0.2) is 4.39 Å². The summed E-state index contributed by atoms with van der Waals surface area (Å²) in [7, 11) is 0. The summed E-state index contributed by atoms with van der Waals surface area (Å²) in [4.78, 5) is 13.2. The van der Waals surface area contributed by atoms with Crippen LogP contribution in [0.3, 0.4) is 0 Å². The van der Waals surface area contributed by atoms with E-state index >= 15 is 0 Å². The van der Waals surface area contributed by atoms with Crippen molar-refractivity contribution in [2.45, 2.75) is 18.9 Å². The second-order valence-corrected chi connectivity index (χ2v) is 7.14. The smallest absolute Gasteiger partial charge is 0.318 e. The average Bonchev–Trinajstić information content (AvgIpc) is 3.28. The van der Waals surface area contributed by atoms with E-state index in [0.29, 0.717) is 17.1 Å². The first-order valence-electron chi connectivity index (χ1n) is 9.75. The molecule has 0 radical (unpaired) electrons. The molecule has 5 rings (SSSR count). The molecule has 1 aromatic heterocycles. The van der Waals surface area contributed by atoms with Crippen LogP contribution in [0.5, 0.6) is 11.5 Å². The molecule has 0 N–H and O–H groups in total. The van der Waals surface area contributed by atoms with Crippen molar-refractivity contribution in [3.8, 4) is 23.0 Å². The van der Waals surface area contributed by atoms with Gasteiger partial charge in [-0.1, -0.05) is 36.4 Å². The van der Waals surface area contributed by atoms with Crippen LogP contribution in [0, 0.1) is 5.82 Å². The van der Waals surface area contributed by atoms with Crippen LogP contribution in [-0.4, -0.2) is 16.2 Å². The minimum Gasteiger partial charge on any atom is -0.457 e. The molecule has 3 aromatic carbocycles. The van der Waals surface area contributed by atoms with E-state index < -0.39 is 18.0 Å². The molecule has 0 aliphatic carbocycles. The highest BCUT2D eigenvalue weighted by Gasteiger charge is 2.35. The van der Waals surface area contributed by atoms with Crippen LogP contribution >= 0.6 is 0 Å². The Morgan fingerprint density at radius 1 is 0.935 bits per heavy atom. The second kappa shape index (κ2) is 7.68. The highest BCUT2D eigenvalue weighted by molar-refractivity contribution is 5.85. The lowest BCUT2D eigenvalue weighted by Gasteiger charge is -2.27. The van der Waals surface area contributed by atoms with E-state index in [1.807, 2.05) is 48.5 Å². The van der Waals surface area contributed by atoms with Crippen LogP contribution in [-0.2, 0) is 9.53 Å². The molecule has 0 spiro atoms. The first-order chi connectivity index (χ1) is 15.1. The number of ether oxygens (including phenoxy) is 2. The number of esters is 1. The fraction of sp³-hybridized carbons (Fsp3) is 0.125. The van der Waals surface area contributed by atoms with Gasteiger partial charge in [0.15, 0.2) is 6.10 Å². The van der Waals surface area contributed by atoms with Gasteiger partial charge in [0.1, 0.15) is 23.2 Å². The Hall–Kier alpha value is -4.00. The maximum Gasteiger partial charge on any atom is 0.318 e. The number of para-hydroxylation sites is 2. The minimum absolute atomic E-state index is 0.154. The summed E-state index contributed by atoms with van der Waals surface area (Å²) in [5, 5.41) is 7.97. The minimum atomic E-state index is -0.767. The third kappa shape index (κ3) is 3.54. The first kappa shape index (κ1) is 19.0. The Morgan fingerprint density at radius 3 is 2.19 bits per heavy atom. The Balaban J connectivity index is 1.40. The van der Waals surface area contributed by atoms with Crippen molar-refractivity contribution in [3.63, 3.8) is 0 Å². The summed E-state index contributed by atoms with van der Waals surface area (Å²) in [6.07, 6.45) is -0.767. The van der Waals surface area contributed by atoms with Gasteiger partial charge in [-0.3, -0.25) is 4.79 Å². The molecule has 0 saturated carbocycles. The van der Waals surface area contributed by atoms with Crippen LogP contribution in [0.15, 0.2) is 77.2 Å². The zero-order valence-corrected chi connectivity index (χ0v) is 16.5. The Morgan fingerprint density at radius 2 is 1.55 bits per heavy atom. The number of halogens is 1. The van der Waals surface area contributed by atoms with Crippen molar-refractivity contribution in [1.29, 1.82) is 0 Å². The molecule has 0 saturated heterocycles. The van der Waals surface area contributed by atoms with E-state index in [1.54, 1.807) is 19.1 Å². The maximum absolute atomic E-state index is 13.2. The second-order valence-electron chi connectivity index (χ2n) is 7.14. The largest absolute Gasteiger partial charge is 0.457 e. The van der Waals surface area contributed by atoms with Crippen LogP contribution in [0.2, 0.25) is 0 Å². The molecule has 7 heteroatoms. The fourth-order valence-corrected chi connectivity index (χ4v) is 3.56. The average molecular weight is 416 g/mol. The molecule has 0 unspecified atom stereocenters. The van der Waals surface area contributed by atoms with Crippen molar-refractivity contribution in [3.05, 3.63) is 95.6 Å². The predicted octanol–water partition coefficient (Wildman–Crippen LogP) is 5.42. The maximum atomic E-state index is 13.2. The van der Waals surface area contributed by atoms with Crippen LogP contribution in [0.4, 0.5) is 4.39 Å². The molecule has 4 aromatic rings. The number of rotatable bonds is 4. The highest BCUT2D eigenvalue weighted by atomic mass is 19.1. The lowest BCUT2D eigenvalue weighted by molar-refractivity contribution is -0.150. The summed E-state index contributed by atoms with van der Waals surface area (Å²) in [6.45, 7) is 1.66. The zero-order valence-electron chi connectivity index (χ0n) is 16.5. The number of nitrogens with zero attached hydrogens (tertiary/aromatic N) is 2. The molecule has 6 nitrogen and oxygen atoms in total. The predicted molar refractivity (Wildman–Crippen MR) is 109 cm³/mol. The quantitative estimate of drug-likeness (QED) is 0.414. The van der Waals surface area contributed by atoms with E-state index in [-0.39, 0.29) is 17.6 Å². The van der Waals surface area contributed by atoms with Gasteiger partial charge in [0, 0.05) is 16.7 Å². The van der Waals surface area contributed by atoms with Crippen molar-refractivity contribution in [2.24, 2.45) is 0 Å². The summed E-state index contributed by atoms with van der Waals surface area (Å²) < 4.78 is 30.4. The number of aromatic nitrogens is 2. The van der Waals surface area contributed by atoms with Crippen LogP contribution in [0.25, 0.3) is 11.5 Å². The van der Waals surface area contributed by atoms with Crippen molar-refractivity contribution in [1.82, 2.24) is 10.2 Å². The van der Waals surface area contributed by atoms with Gasteiger partial charge in [-0.2, -0.15) is 0 Å². The zero-order chi connectivity index (χ0) is 21.4. The van der Waals surface area contributed by atoms with E-state index in [4.69, 9.17) is 13.9 Å². The molecule has 154 valence electrons. The summed E-state index contributed by atoms with van der Waals surface area (Å²) in [6, 6.07) is 20.5. The standard InChI is InChI=1S/C24H17FN2O4/c1-14(22-26-27-23(31-22)15-10-12-16(25)13-11-15)29-24(28)21-17-6-2-4-8-19(17)30-20-9-5-3-7-18(20)21/h2-14,21H,1H3/t14-/m0/s1. The molecule has 31 heavy (non-hydrogen) atoms. The van der Waals surface area contributed by atoms with E-state index in [1.165, 1.54) is 12.1 Å². The monoisotopic (exact) mass is 416 g/mol. The van der Waals surface area contributed by atoms with Gasteiger partial charge in [-0.05, 0) is 43.3 Å². The number of benzene rings is 3. The van der Waals surface area contributed by atoms with Crippen molar-refractivity contribution in [2.75, 3.05) is 0 Å². The van der Waals surface area contributed by atoms with Gasteiger partial charge < -0.3 is 13.9 Å². The molecule has 1 aliphatic rings. The SMILES string of the molecule is C[C@H](OC(=O)C1c2ccccc2Oc2ccccc21)c1nnc(-c2ccc(F)cc2)o1. The van der Waals surface area contributed by atoms with Crippen molar-refractivity contribution >= 4 is 5.97 Å². The molecular formula is C24H17FN2O4. The Bertz CT molecular complexity index is 1210. The molecule has 0 fully saturated rings. The van der Waals surface area contributed by atoms with Crippen LogP contribution in [0.1, 0.15) is 36.0 Å². The number of hydrogen-bond donors (Lipinski definition) is 0. The number of carbonyl (C=O) groups excluding carboxylic acids is 1. The lowest BCUT2D eigenvalue weighted by atomic mass is 9.88. The normalized spacial score (nSPS) is 13.6. The topological polar surface area (TPSA) is 74.5 Å². The van der Waals surface area contributed by atoms with Crippen molar-refractivity contribution < 1.29 is 23.1 Å². The number of carbonyl (C=O) groups is 1. The van der Waals surface area contributed by atoms with Gasteiger partial charge in [-0.15, -0.1) is 10.2 Å². The number of hydrogen-bond acceptors (Lipinski definition) is 6. The third-order valence-electron chi connectivity index (χ3n) is 5.09. The number of fused-ring (bicyclic) bond motifs is 2. The van der Waals surface area contributed by atoms with Gasteiger partial charge >= 0.3 is 5.97 Å². The lowest BCUT2D eigenvalue weighted by Crippen LogP contribution is -2.22. The summed E-state index contributed by atoms with van der Waals surface area (Å²) in [5.41, 5.74) is 2.04. The molecule has 0 amide bonds. The van der Waals surface area contributed by atoms with Gasteiger partial charge in [0.2, 0.25) is 5.89 Å². The Kier molecular flexibility index (Phi) is 4.71. The highest BCUT2D eigenvalue weighted by Crippen LogP contribution is 2.44. The molecule has 1 aliphatic heterocycles. The molecule has 2 heterocycles. The van der Waals surface area contributed by atoms with Gasteiger partial charge in [0.25, 0.3) is 5.89 Å². The summed E-state index contributed by atoms with van der Waals surface area (Å²) in [5.74, 6) is 0.170. The van der Waals surface area contributed by atoms with Crippen LogP contribution < -0.4 is 4.74 Å².